The van der Waals surface area contributed by atoms with Crippen LogP contribution in [0.25, 0.3) is 11.3 Å². The van der Waals surface area contributed by atoms with Crippen LogP contribution in [0.2, 0.25) is 5.02 Å². The minimum absolute atomic E-state index is 0.0366. The first-order valence-corrected chi connectivity index (χ1v) is 9.39. The van der Waals surface area contributed by atoms with Gasteiger partial charge in [-0.25, -0.2) is 13.1 Å². The van der Waals surface area contributed by atoms with Crippen LogP contribution in [0.5, 0.6) is 0 Å². The molecule has 0 unspecified atom stereocenters. The van der Waals surface area contributed by atoms with Crippen LogP contribution >= 0.6 is 11.6 Å². The molecule has 0 radical (unpaired) electrons. The molecule has 0 aliphatic rings. The lowest BCUT2D eigenvalue weighted by Gasteiger charge is -2.09. The average Bonchev–Trinajstić information content (AvgIpc) is 3.15. The van der Waals surface area contributed by atoms with Gasteiger partial charge in [0, 0.05) is 32.1 Å². The molecule has 26 heavy (non-hydrogen) atoms. The lowest BCUT2D eigenvalue weighted by molar-refractivity contribution is 0.0982. The second-order valence-electron chi connectivity index (χ2n) is 5.84. The molecule has 1 N–H and O–H groups in total. The number of rotatable bonds is 4. The monoisotopic (exact) mass is 393 g/mol. The molecule has 3 aromatic rings. The van der Waals surface area contributed by atoms with Gasteiger partial charge in [-0.3, -0.25) is 14.2 Å². The Morgan fingerprint density at radius 3 is 2.58 bits per heavy atom. The summed E-state index contributed by atoms with van der Waals surface area (Å²) >= 11 is 5.99. The maximum Gasteiger partial charge on any atom is 0.268 e. The van der Waals surface area contributed by atoms with E-state index in [2.05, 4.69) is 14.9 Å². The van der Waals surface area contributed by atoms with Crippen LogP contribution in [0, 0.1) is 6.92 Å². The van der Waals surface area contributed by atoms with Crippen molar-refractivity contribution < 1.29 is 13.2 Å². The van der Waals surface area contributed by atoms with Gasteiger partial charge in [0.25, 0.3) is 15.9 Å². The van der Waals surface area contributed by atoms with E-state index >= 15 is 0 Å². The number of amides is 1. The first kappa shape index (κ1) is 18.2. The van der Waals surface area contributed by atoms with Gasteiger partial charge < -0.3 is 0 Å². The number of carbonyl (C=O) groups excluding carboxylic acids is 1. The molecule has 2 heterocycles. The Bertz CT molecular complexity index is 1100. The molecule has 0 saturated heterocycles. The van der Waals surface area contributed by atoms with E-state index in [0.29, 0.717) is 16.8 Å². The van der Waals surface area contributed by atoms with E-state index in [9.17, 15) is 13.2 Å². The molecular weight excluding hydrogens is 378 g/mol. The molecule has 0 atom stereocenters. The summed E-state index contributed by atoms with van der Waals surface area (Å²) in [6.07, 6.45) is 4.68. The number of nitrogens with one attached hydrogen (secondary N) is 1. The number of halogens is 1. The summed E-state index contributed by atoms with van der Waals surface area (Å²) in [6.45, 7) is 1.73. The molecular formula is C16H16ClN5O3S. The maximum atomic E-state index is 12.6. The van der Waals surface area contributed by atoms with Gasteiger partial charge in [0.05, 0.1) is 16.8 Å². The summed E-state index contributed by atoms with van der Waals surface area (Å²) in [4.78, 5) is 12.5. The summed E-state index contributed by atoms with van der Waals surface area (Å²) in [6, 6.07) is 4.56. The third-order valence-electron chi connectivity index (χ3n) is 3.66. The zero-order valence-electron chi connectivity index (χ0n) is 14.3. The summed E-state index contributed by atoms with van der Waals surface area (Å²) in [5.41, 5.74) is 1.76. The van der Waals surface area contributed by atoms with Crippen LogP contribution in [0.4, 0.5) is 0 Å². The summed E-state index contributed by atoms with van der Waals surface area (Å²) < 4.78 is 30.2. The van der Waals surface area contributed by atoms with Crippen molar-refractivity contribution in [1.82, 2.24) is 24.3 Å². The Morgan fingerprint density at radius 1 is 1.19 bits per heavy atom. The Balaban J connectivity index is 1.97. The van der Waals surface area contributed by atoms with Crippen LogP contribution in [-0.2, 0) is 24.1 Å². The first-order valence-electron chi connectivity index (χ1n) is 7.53. The van der Waals surface area contributed by atoms with Crippen molar-refractivity contribution in [3.8, 4) is 11.3 Å². The standard InChI is InChI=1S/C16H16ClN5O3S/c1-10-4-5-13(17)14(6-10)26(24,25)20-16(23)12-9-22(3)19-15(12)11-7-18-21(2)8-11/h4-9H,1-3H3,(H,20,23). The normalized spacial score (nSPS) is 11.5. The fourth-order valence-electron chi connectivity index (χ4n) is 2.46. The Hall–Kier alpha value is -2.65. The van der Waals surface area contributed by atoms with E-state index in [1.54, 1.807) is 44.2 Å². The molecule has 0 aliphatic heterocycles. The SMILES string of the molecule is Cc1ccc(Cl)c(S(=O)(=O)NC(=O)c2cn(C)nc2-c2cnn(C)c2)c1. The summed E-state index contributed by atoms with van der Waals surface area (Å²) in [5.74, 6) is -0.797. The predicted molar refractivity (Wildman–Crippen MR) is 96.3 cm³/mol. The number of aromatic nitrogens is 4. The highest BCUT2D eigenvalue weighted by Gasteiger charge is 2.25. The van der Waals surface area contributed by atoms with Crippen LogP contribution in [0.3, 0.4) is 0 Å². The summed E-state index contributed by atoms with van der Waals surface area (Å²) in [5, 5.41) is 8.31. The average molecular weight is 394 g/mol. The minimum Gasteiger partial charge on any atom is -0.275 e. The lowest BCUT2D eigenvalue weighted by Crippen LogP contribution is -2.31. The third-order valence-corrected chi connectivity index (χ3v) is 5.47. The highest BCUT2D eigenvalue weighted by atomic mass is 35.5. The van der Waals surface area contributed by atoms with Crippen molar-refractivity contribution >= 4 is 27.5 Å². The number of hydrogen-bond donors (Lipinski definition) is 1. The maximum absolute atomic E-state index is 12.6. The van der Waals surface area contributed by atoms with Crippen molar-refractivity contribution in [3.05, 3.63) is 52.9 Å². The molecule has 1 amide bonds. The number of carbonyl (C=O) groups is 1. The van der Waals surface area contributed by atoms with Gasteiger partial charge in [-0.15, -0.1) is 0 Å². The van der Waals surface area contributed by atoms with Gasteiger partial charge in [0.15, 0.2) is 0 Å². The van der Waals surface area contributed by atoms with E-state index in [1.165, 1.54) is 23.0 Å². The molecule has 3 rings (SSSR count). The molecule has 10 heteroatoms. The molecule has 0 aliphatic carbocycles. The molecule has 2 aromatic heterocycles. The Kier molecular flexibility index (Phi) is 4.59. The van der Waals surface area contributed by atoms with E-state index in [0.717, 1.165) is 0 Å². The van der Waals surface area contributed by atoms with Crippen molar-refractivity contribution in [2.24, 2.45) is 14.1 Å². The van der Waals surface area contributed by atoms with Crippen molar-refractivity contribution in [2.75, 3.05) is 0 Å². The number of aryl methyl sites for hydroxylation is 3. The van der Waals surface area contributed by atoms with Crippen LogP contribution in [0.15, 0.2) is 41.7 Å². The van der Waals surface area contributed by atoms with Gasteiger partial charge in [0.2, 0.25) is 0 Å². The molecule has 0 saturated carbocycles. The van der Waals surface area contributed by atoms with Crippen molar-refractivity contribution in [3.63, 3.8) is 0 Å². The fourth-order valence-corrected chi connectivity index (χ4v) is 4.01. The number of benzene rings is 1. The van der Waals surface area contributed by atoms with Gasteiger partial charge in [-0.1, -0.05) is 17.7 Å². The largest absolute Gasteiger partial charge is 0.275 e. The Morgan fingerprint density at radius 2 is 1.92 bits per heavy atom. The lowest BCUT2D eigenvalue weighted by atomic mass is 10.1. The minimum atomic E-state index is -4.13. The smallest absolute Gasteiger partial charge is 0.268 e. The predicted octanol–water partition coefficient (Wildman–Crippen LogP) is 1.90. The van der Waals surface area contributed by atoms with Gasteiger partial charge in [-0.05, 0) is 24.6 Å². The number of hydrogen-bond acceptors (Lipinski definition) is 5. The molecule has 0 bridgehead atoms. The molecule has 0 fully saturated rings. The topological polar surface area (TPSA) is 98.9 Å². The molecule has 136 valence electrons. The fraction of sp³-hybridized carbons (Fsp3) is 0.188. The highest BCUT2D eigenvalue weighted by Crippen LogP contribution is 2.24. The van der Waals surface area contributed by atoms with E-state index in [1.807, 2.05) is 0 Å². The number of nitrogens with zero attached hydrogens (tertiary/aromatic N) is 4. The third kappa shape index (κ3) is 3.49. The van der Waals surface area contributed by atoms with Gasteiger partial charge in [0.1, 0.15) is 10.6 Å². The number of sulfonamides is 1. The second kappa shape index (κ2) is 6.58. The summed E-state index contributed by atoms with van der Waals surface area (Å²) in [7, 11) is -0.761. The molecule has 8 nitrogen and oxygen atoms in total. The van der Waals surface area contributed by atoms with Crippen molar-refractivity contribution in [2.45, 2.75) is 11.8 Å². The first-order chi connectivity index (χ1) is 12.2. The van der Waals surface area contributed by atoms with E-state index in [4.69, 9.17) is 11.6 Å². The van der Waals surface area contributed by atoms with E-state index in [-0.39, 0.29) is 15.5 Å². The molecule has 1 aromatic carbocycles. The van der Waals surface area contributed by atoms with Crippen LogP contribution in [0.1, 0.15) is 15.9 Å². The van der Waals surface area contributed by atoms with Gasteiger partial charge in [-0.2, -0.15) is 10.2 Å². The second-order valence-corrected chi connectivity index (χ2v) is 7.89. The quantitative estimate of drug-likeness (QED) is 0.729. The highest BCUT2D eigenvalue weighted by molar-refractivity contribution is 7.90. The zero-order valence-corrected chi connectivity index (χ0v) is 15.8. The van der Waals surface area contributed by atoms with Crippen LogP contribution < -0.4 is 4.72 Å². The van der Waals surface area contributed by atoms with Crippen LogP contribution in [-0.4, -0.2) is 33.9 Å². The zero-order chi connectivity index (χ0) is 19.1. The van der Waals surface area contributed by atoms with Gasteiger partial charge >= 0.3 is 0 Å². The molecule has 0 spiro atoms. The Labute approximate surface area is 155 Å². The van der Waals surface area contributed by atoms with Crippen molar-refractivity contribution in [1.29, 1.82) is 0 Å². The van der Waals surface area contributed by atoms with E-state index < -0.39 is 15.9 Å².